The van der Waals surface area contributed by atoms with Crippen LogP contribution in [0.4, 0.5) is 0 Å². The van der Waals surface area contributed by atoms with Crippen molar-refractivity contribution >= 4 is 26.9 Å². The molecule has 2 heterocycles. The van der Waals surface area contributed by atoms with Gasteiger partial charge in [-0.25, -0.2) is 0 Å². The zero-order valence-corrected chi connectivity index (χ0v) is 12.1. The molecule has 19 heavy (non-hydrogen) atoms. The SMILES string of the molecule is CCc1oc2ccccc2c1C(N)c1ccc(Br)o1. The highest BCUT2D eigenvalue weighted by Gasteiger charge is 2.22. The van der Waals surface area contributed by atoms with Gasteiger partial charge in [-0.15, -0.1) is 0 Å². The summed E-state index contributed by atoms with van der Waals surface area (Å²) in [5.41, 5.74) is 8.23. The Labute approximate surface area is 119 Å². The maximum Gasteiger partial charge on any atom is 0.169 e. The highest BCUT2D eigenvalue weighted by molar-refractivity contribution is 9.10. The summed E-state index contributed by atoms with van der Waals surface area (Å²) in [7, 11) is 0. The van der Waals surface area contributed by atoms with Gasteiger partial charge < -0.3 is 14.6 Å². The largest absolute Gasteiger partial charge is 0.461 e. The minimum absolute atomic E-state index is 0.315. The van der Waals surface area contributed by atoms with E-state index in [1.54, 1.807) is 0 Å². The van der Waals surface area contributed by atoms with E-state index in [2.05, 4.69) is 22.9 Å². The average Bonchev–Trinajstić information content (AvgIpc) is 3.01. The van der Waals surface area contributed by atoms with Gasteiger partial charge >= 0.3 is 0 Å². The maximum atomic E-state index is 6.34. The number of para-hydroxylation sites is 1. The minimum Gasteiger partial charge on any atom is -0.461 e. The minimum atomic E-state index is -0.315. The molecular formula is C15H14BrNO2. The molecule has 0 saturated heterocycles. The van der Waals surface area contributed by atoms with Crippen LogP contribution in [-0.2, 0) is 6.42 Å². The van der Waals surface area contributed by atoms with Crippen LogP contribution >= 0.6 is 15.9 Å². The Bertz CT molecular complexity index is 714. The first-order valence-corrected chi connectivity index (χ1v) is 7.01. The van der Waals surface area contributed by atoms with Crippen LogP contribution in [-0.4, -0.2) is 0 Å². The van der Waals surface area contributed by atoms with Gasteiger partial charge in [0.15, 0.2) is 4.67 Å². The molecule has 2 aromatic heterocycles. The molecule has 0 aliphatic heterocycles. The number of halogens is 1. The first kappa shape index (κ1) is 12.5. The predicted molar refractivity (Wildman–Crippen MR) is 78.0 cm³/mol. The number of furan rings is 2. The van der Waals surface area contributed by atoms with Crippen LogP contribution in [0.5, 0.6) is 0 Å². The van der Waals surface area contributed by atoms with Gasteiger partial charge in [-0.2, -0.15) is 0 Å². The van der Waals surface area contributed by atoms with Crippen LogP contribution in [0.25, 0.3) is 11.0 Å². The van der Waals surface area contributed by atoms with E-state index in [0.29, 0.717) is 4.67 Å². The molecular weight excluding hydrogens is 306 g/mol. The molecule has 1 atom stereocenters. The summed E-state index contributed by atoms with van der Waals surface area (Å²) in [6.45, 7) is 2.06. The molecule has 2 N–H and O–H groups in total. The number of hydrogen-bond donors (Lipinski definition) is 1. The summed E-state index contributed by atoms with van der Waals surface area (Å²) >= 11 is 3.30. The molecule has 0 saturated carbocycles. The Morgan fingerprint density at radius 3 is 2.63 bits per heavy atom. The monoisotopic (exact) mass is 319 g/mol. The van der Waals surface area contributed by atoms with E-state index in [0.717, 1.165) is 34.5 Å². The van der Waals surface area contributed by atoms with Crippen molar-refractivity contribution in [3.8, 4) is 0 Å². The highest BCUT2D eigenvalue weighted by atomic mass is 79.9. The van der Waals surface area contributed by atoms with E-state index < -0.39 is 0 Å². The third-order valence-corrected chi connectivity index (χ3v) is 3.67. The molecule has 0 aliphatic rings. The molecule has 0 aliphatic carbocycles. The fourth-order valence-electron chi connectivity index (χ4n) is 2.36. The van der Waals surface area contributed by atoms with Crippen LogP contribution in [0, 0.1) is 0 Å². The molecule has 0 amide bonds. The summed E-state index contributed by atoms with van der Waals surface area (Å²) in [4.78, 5) is 0. The second-order valence-electron chi connectivity index (χ2n) is 4.41. The quantitative estimate of drug-likeness (QED) is 0.778. The van der Waals surface area contributed by atoms with Gasteiger partial charge in [0.2, 0.25) is 0 Å². The van der Waals surface area contributed by atoms with Crippen molar-refractivity contribution in [2.75, 3.05) is 0 Å². The molecule has 1 aromatic carbocycles. The molecule has 1 unspecified atom stereocenters. The molecule has 98 valence electrons. The van der Waals surface area contributed by atoms with Gasteiger partial charge in [-0.3, -0.25) is 0 Å². The van der Waals surface area contributed by atoms with E-state index in [1.165, 1.54) is 0 Å². The van der Waals surface area contributed by atoms with Crippen LogP contribution in [0.3, 0.4) is 0 Å². The van der Waals surface area contributed by atoms with Crippen LogP contribution < -0.4 is 5.73 Å². The normalized spacial score (nSPS) is 13.0. The summed E-state index contributed by atoms with van der Waals surface area (Å²) in [5.74, 6) is 1.65. The number of aryl methyl sites for hydroxylation is 1. The number of nitrogens with two attached hydrogens (primary N) is 1. The topological polar surface area (TPSA) is 52.3 Å². The Morgan fingerprint density at radius 1 is 1.16 bits per heavy atom. The molecule has 3 nitrogen and oxygen atoms in total. The Balaban J connectivity index is 2.17. The van der Waals surface area contributed by atoms with Gasteiger partial charge in [0, 0.05) is 17.4 Å². The summed E-state index contributed by atoms with van der Waals surface area (Å²) in [6, 6.07) is 11.4. The van der Waals surface area contributed by atoms with Crippen LogP contribution in [0.15, 0.2) is 49.9 Å². The molecule has 3 aromatic rings. The van der Waals surface area contributed by atoms with Crippen molar-refractivity contribution in [1.82, 2.24) is 0 Å². The van der Waals surface area contributed by atoms with Crippen molar-refractivity contribution in [2.45, 2.75) is 19.4 Å². The van der Waals surface area contributed by atoms with E-state index >= 15 is 0 Å². The van der Waals surface area contributed by atoms with Gasteiger partial charge in [0.25, 0.3) is 0 Å². The number of hydrogen-bond acceptors (Lipinski definition) is 3. The van der Waals surface area contributed by atoms with Gasteiger partial charge in [0.1, 0.15) is 17.1 Å². The highest BCUT2D eigenvalue weighted by Crippen LogP contribution is 2.34. The van der Waals surface area contributed by atoms with Crippen molar-refractivity contribution < 1.29 is 8.83 Å². The average molecular weight is 320 g/mol. The molecule has 0 spiro atoms. The zero-order valence-electron chi connectivity index (χ0n) is 10.5. The molecule has 3 rings (SSSR count). The summed E-state index contributed by atoms with van der Waals surface area (Å²) < 4.78 is 12.1. The molecule has 0 bridgehead atoms. The standard InChI is InChI=1S/C15H14BrNO2/c1-2-10-14(9-5-3-4-6-11(9)18-10)15(17)12-7-8-13(16)19-12/h3-8,15H,2,17H2,1H3. The Kier molecular flexibility index (Phi) is 3.21. The lowest BCUT2D eigenvalue weighted by molar-refractivity contribution is 0.464. The molecule has 0 fully saturated rings. The lowest BCUT2D eigenvalue weighted by Gasteiger charge is -2.09. The van der Waals surface area contributed by atoms with E-state index in [1.807, 2.05) is 36.4 Å². The lowest BCUT2D eigenvalue weighted by atomic mass is 10.0. The van der Waals surface area contributed by atoms with Crippen molar-refractivity contribution in [3.05, 3.63) is 58.2 Å². The van der Waals surface area contributed by atoms with E-state index in [9.17, 15) is 0 Å². The smallest absolute Gasteiger partial charge is 0.169 e. The van der Waals surface area contributed by atoms with Crippen LogP contribution in [0.2, 0.25) is 0 Å². The van der Waals surface area contributed by atoms with Gasteiger partial charge in [-0.05, 0) is 34.1 Å². The van der Waals surface area contributed by atoms with Crippen molar-refractivity contribution in [3.63, 3.8) is 0 Å². The van der Waals surface area contributed by atoms with Crippen molar-refractivity contribution in [2.24, 2.45) is 5.73 Å². The number of fused-ring (bicyclic) bond motifs is 1. The summed E-state index contributed by atoms with van der Waals surface area (Å²) in [6.07, 6.45) is 0.805. The third kappa shape index (κ3) is 2.11. The van der Waals surface area contributed by atoms with Crippen molar-refractivity contribution in [1.29, 1.82) is 0 Å². The fourth-order valence-corrected chi connectivity index (χ4v) is 2.68. The predicted octanol–water partition coefficient (Wildman–Crippen LogP) is 4.40. The summed E-state index contributed by atoms with van der Waals surface area (Å²) in [5, 5.41) is 1.05. The van der Waals surface area contributed by atoms with Gasteiger partial charge in [0.05, 0.1) is 6.04 Å². The maximum absolute atomic E-state index is 6.34. The third-order valence-electron chi connectivity index (χ3n) is 3.24. The molecule has 0 radical (unpaired) electrons. The number of benzene rings is 1. The first-order chi connectivity index (χ1) is 9.20. The first-order valence-electron chi connectivity index (χ1n) is 6.21. The van der Waals surface area contributed by atoms with Crippen LogP contribution in [0.1, 0.15) is 30.0 Å². The van der Waals surface area contributed by atoms with E-state index in [-0.39, 0.29) is 6.04 Å². The lowest BCUT2D eigenvalue weighted by Crippen LogP contribution is -2.12. The fraction of sp³-hybridized carbons (Fsp3) is 0.200. The zero-order chi connectivity index (χ0) is 13.4. The Hall–Kier alpha value is -1.52. The molecule has 4 heteroatoms. The second-order valence-corrected chi connectivity index (χ2v) is 5.19. The Morgan fingerprint density at radius 2 is 1.95 bits per heavy atom. The van der Waals surface area contributed by atoms with Gasteiger partial charge in [-0.1, -0.05) is 25.1 Å². The second kappa shape index (κ2) is 4.87. The number of rotatable bonds is 3. The van der Waals surface area contributed by atoms with E-state index in [4.69, 9.17) is 14.6 Å².